The van der Waals surface area contributed by atoms with Crippen molar-refractivity contribution in [3.05, 3.63) is 0 Å². The van der Waals surface area contributed by atoms with Crippen molar-refractivity contribution < 1.29 is 29.1 Å². The maximum atomic E-state index is 12.9. The minimum atomic E-state index is -1.38. The highest BCUT2D eigenvalue weighted by Gasteiger charge is 2.38. The second-order valence-corrected chi connectivity index (χ2v) is 7.03. The van der Waals surface area contributed by atoms with Crippen molar-refractivity contribution in [3.8, 4) is 0 Å². The molecule has 4 amide bonds. The van der Waals surface area contributed by atoms with Gasteiger partial charge in [-0.05, 0) is 25.7 Å². The van der Waals surface area contributed by atoms with Gasteiger partial charge in [0, 0.05) is 13.1 Å². The Morgan fingerprint density at radius 1 is 1.10 bits per heavy atom. The van der Waals surface area contributed by atoms with Gasteiger partial charge in [-0.15, -0.1) is 0 Å². The summed E-state index contributed by atoms with van der Waals surface area (Å²) in [5, 5.41) is 14.1. The number of aliphatic imine (C=N–C) groups is 1. The van der Waals surface area contributed by atoms with Crippen molar-refractivity contribution in [1.82, 2.24) is 15.5 Å². The smallest absolute Gasteiger partial charge is 0.326 e. The first-order chi connectivity index (χ1) is 14.6. The van der Waals surface area contributed by atoms with Gasteiger partial charge < -0.3 is 43.6 Å². The Hall–Kier alpha value is -3.42. The first-order valence-electron chi connectivity index (χ1n) is 9.73. The lowest BCUT2D eigenvalue weighted by Crippen LogP contribution is -2.57. The molecule has 14 nitrogen and oxygen atoms in total. The lowest BCUT2D eigenvalue weighted by molar-refractivity contribution is -0.149. The van der Waals surface area contributed by atoms with Gasteiger partial charge in [0.1, 0.15) is 18.1 Å². The molecule has 0 aromatic rings. The van der Waals surface area contributed by atoms with Crippen molar-refractivity contribution in [1.29, 1.82) is 0 Å². The van der Waals surface area contributed by atoms with Crippen molar-refractivity contribution in [2.75, 3.05) is 19.6 Å². The number of nitrogens with one attached hydrogen (secondary N) is 2. The van der Waals surface area contributed by atoms with Crippen LogP contribution in [0.15, 0.2) is 4.99 Å². The number of carbonyl (C=O) groups excluding carboxylic acids is 4. The molecule has 0 spiro atoms. The van der Waals surface area contributed by atoms with Gasteiger partial charge in [-0.2, -0.15) is 0 Å². The summed E-state index contributed by atoms with van der Waals surface area (Å²) in [6.45, 7) is 0.00447. The van der Waals surface area contributed by atoms with Crippen LogP contribution in [0.25, 0.3) is 0 Å². The summed E-state index contributed by atoms with van der Waals surface area (Å²) in [7, 11) is 0. The van der Waals surface area contributed by atoms with E-state index in [-0.39, 0.29) is 38.4 Å². The van der Waals surface area contributed by atoms with E-state index in [4.69, 9.17) is 22.9 Å². The number of amides is 4. The molecule has 0 saturated carbocycles. The standard InChI is InChI=1S/C17H30N8O6/c18-8-13(27)23-9(3-1-5-22-17(20)21)14(28)24-10(7-12(19)26)15(29)25-6-2-4-11(25)16(30)31/h9-11H,1-8,18H2,(H2,19,26)(H,23,27)(H,24,28)(H,30,31)(H4,20,21,22). The van der Waals surface area contributed by atoms with Gasteiger partial charge in [-0.1, -0.05) is 0 Å². The number of aliphatic carboxylic acids is 1. The molecule has 31 heavy (non-hydrogen) atoms. The molecule has 0 bridgehead atoms. The van der Waals surface area contributed by atoms with Crippen LogP contribution in [0.3, 0.4) is 0 Å². The molecule has 1 rings (SSSR count). The monoisotopic (exact) mass is 442 g/mol. The number of carboxylic acid groups (broad SMARTS) is 1. The molecule has 3 unspecified atom stereocenters. The van der Waals surface area contributed by atoms with Crippen molar-refractivity contribution in [2.45, 2.75) is 50.2 Å². The van der Waals surface area contributed by atoms with Gasteiger partial charge in [0.15, 0.2) is 5.96 Å². The molecule has 3 atom stereocenters. The predicted molar refractivity (Wildman–Crippen MR) is 109 cm³/mol. The third-order valence-electron chi connectivity index (χ3n) is 4.62. The summed E-state index contributed by atoms with van der Waals surface area (Å²) < 4.78 is 0. The number of guanidine groups is 1. The highest BCUT2D eigenvalue weighted by atomic mass is 16.4. The Morgan fingerprint density at radius 3 is 2.32 bits per heavy atom. The van der Waals surface area contributed by atoms with E-state index in [1.807, 2.05) is 0 Å². The normalized spacial score (nSPS) is 17.3. The predicted octanol–water partition coefficient (Wildman–Crippen LogP) is -4.08. The van der Waals surface area contributed by atoms with Crippen molar-refractivity contribution in [3.63, 3.8) is 0 Å². The minimum absolute atomic E-state index is 0.118. The number of hydrogen-bond donors (Lipinski definition) is 7. The van der Waals surface area contributed by atoms with E-state index in [2.05, 4.69) is 15.6 Å². The van der Waals surface area contributed by atoms with E-state index >= 15 is 0 Å². The lowest BCUT2D eigenvalue weighted by Gasteiger charge is -2.28. The maximum absolute atomic E-state index is 12.9. The molecule has 0 aliphatic carbocycles. The third kappa shape index (κ3) is 8.46. The van der Waals surface area contributed by atoms with Crippen LogP contribution >= 0.6 is 0 Å². The zero-order valence-electron chi connectivity index (χ0n) is 17.1. The highest BCUT2D eigenvalue weighted by molar-refractivity contribution is 5.96. The van der Waals surface area contributed by atoms with Crippen LogP contribution in [0, 0.1) is 0 Å². The number of likely N-dealkylation sites (tertiary alicyclic amines) is 1. The van der Waals surface area contributed by atoms with Crippen LogP contribution in [0.1, 0.15) is 32.1 Å². The Bertz CT molecular complexity index is 723. The summed E-state index contributed by atoms with van der Waals surface area (Å²) in [6.07, 6.45) is 0.646. The van der Waals surface area contributed by atoms with Gasteiger partial charge in [-0.25, -0.2) is 4.79 Å². The number of hydrogen-bond acceptors (Lipinski definition) is 7. The van der Waals surface area contributed by atoms with Crippen LogP contribution in [-0.2, 0) is 24.0 Å². The zero-order valence-corrected chi connectivity index (χ0v) is 17.1. The molecule has 0 aromatic heterocycles. The number of primary amides is 1. The van der Waals surface area contributed by atoms with E-state index < -0.39 is 54.1 Å². The number of nitrogens with zero attached hydrogens (tertiary/aromatic N) is 2. The minimum Gasteiger partial charge on any atom is -0.480 e. The molecule has 1 saturated heterocycles. The molecule has 14 heteroatoms. The topological polar surface area (TPSA) is 249 Å². The maximum Gasteiger partial charge on any atom is 0.326 e. The second kappa shape index (κ2) is 12.3. The van der Waals surface area contributed by atoms with E-state index in [1.54, 1.807) is 0 Å². The fourth-order valence-corrected chi connectivity index (χ4v) is 3.19. The number of carbonyl (C=O) groups is 5. The average molecular weight is 442 g/mol. The van der Waals surface area contributed by atoms with Crippen LogP contribution in [-0.4, -0.2) is 83.3 Å². The molecule has 0 aromatic carbocycles. The summed E-state index contributed by atoms with van der Waals surface area (Å²) in [5.41, 5.74) is 21.0. The highest BCUT2D eigenvalue weighted by Crippen LogP contribution is 2.19. The van der Waals surface area contributed by atoms with Crippen LogP contribution in [0.2, 0.25) is 0 Å². The number of carboxylic acids is 1. The Morgan fingerprint density at radius 2 is 1.77 bits per heavy atom. The molecule has 1 aliphatic rings. The van der Waals surface area contributed by atoms with Crippen LogP contribution in [0.5, 0.6) is 0 Å². The summed E-state index contributed by atoms with van der Waals surface area (Å²) in [4.78, 5) is 65.0. The summed E-state index contributed by atoms with van der Waals surface area (Å²) in [6, 6.07) is -3.51. The van der Waals surface area contributed by atoms with Crippen LogP contribution in [0.4, 0.5) is 0 Å². The summed E-state index contributed by atoms with van der Waals surface area (Å²) >= 11 is 0. The Labute approximate surface area is 178 Å². The molecule has 1 aliphatic heterocycles. The lowest BCUT2D eigenvalue weighted by atomic mass is 10.1. The molecule has 0 radical (unpaired) electrons. The van der Waals surface area contributed by atoms with Gasteiger partial charge >= 0.3 is 5.97 Å². The fourth-order valence-electron chi connectivity index (χ4n) is 3.19. The Kier molecular flexibility index (Phi) is 10.2. The van der Waals surface area contributed by atoms with E-state index in [0.717, 1.165) is 4.90 Å². The molecule has 1 heterocycles. The third-order valence-corrected chi connectivity index (χ3v) is 4.62. The van der Waals surface area contributed by atoms with Gasteiger partial charge in [0.25, 0.3) is 0 Å². The van der Waals surface area contributed by atoms with Crippen molar-refractivity contribution in [2.24, 2.45) is 27.9 Å². The van der Waals surface area contributed by atoms with Gasteiger partial charge in [0.2, 0.25) is 23.6 Å². The van der Waals surface area contributed by atoms with Gasteiger partial charge in [0.05, 0.1) is 13.0 Å². The molecule has 174 valence electrons. The van der Waals surface area contributed by atoms with Crippen molar-refractivity contribution >= 4 is 35.6 Å². The largest absolute Gasteiger partial charge is 0.480 e. The summed E-state index contributed by atoms with van der Waals surface area (Å²) in [5.74, 6) is -4.26. The average Bonchev–Trinajstić information content (AvgIpc) is 3.18. The zero-order chi connectivity index (χ0) is 23.6. The molecule has 11 N–H and O–H groups in total. The number of nitrogens with two attached hydrogens (primary N) is 4. The molecular formula is C17H30N8O6. The second-order valence-electron chi connectivity index (χ2n) is 7.03. The quantitative estimate of drug-likeness (QED) is 0.0880. The molecule has 1 fully saturated rings. The van der Waals surface area contributed by atoms with Crippen LogP contribution < -0.4 is 33.6 Å². The number of rotatable bonds is 12. The molecular weight excluding hydrogens is 412 g/mol. The Balaban J connectivity index is 2.94. The SMILES string of the molecule is NCC(=O)NC(CCCN=C(N)N)C(=O)NC(CC(N)=O)C(=O)N1CCCC1C(=O)O. The fraction of sp³-hybridized carbons (Fsp3) is 0.647. The van der Waals surface area contributed by atoms with Gasteiger partial charge in [-0.3, -0.25) is 24.2 Å². The van der Waals surface area contributed by atoms with E-state index in [9.17, 15) is 29.1 Å². The first kappa shape index (κ1) is 25.6. The first-order valence-corrected chi connectivity index (χ1v) is 9.73. The van der Waals surface area contributed by atoms with E-state index in [1.165, 1.54) is 0 Å². The van der Waals surface area contributed by atoms with E-state index in [0.29, 0.717) is 12.8 Å².